The molecule has 0 bridgehead atoms. The van der Waals surface area contributed by atoms with Gasteiger partial charge in [-0.2, -0.15) is 13.2 Å². The number of hydrogen-bond acceptors (Lipinski definition) is 9. The Bertz CT molecular complexity index is 1470. The van der Waals surface area contributed by atoms with E-state index in [1.165, 1.54) is 20.3 Å². The molecule has 0 aliphatic rings. The zero-order chi connectivity index (χ0) is 31.4. The number of halogens is 3. The third-order valence-corrected chi connectivity index (χ3v) is 5.74. The molecule has 43 heavy (non-hydrogen) atoms. The third kappa shape index (κ3) is 9.59. The van der Waals surface area contributed by atoms with E-state index in [0.717, 1.165) is 12.1 Å². The molecule has 0 heterocycles. The van der Waals surface area contributed by atoms with Gasteiger partial charge in [-0.05, 0) is 62.7 Å². The summed E-state index contributed by atoms with van der Waals surface area (Å²) in [6.07, 6.45) is -4.63. The molecule has 0 fully saturated rings. The molecule has 3 rings (SSSR count). The van der Waals surface area contributed by atoms with Crippen LogP contribution in [0, 0.1) is 0 Å². The molecule has 0 saturated carbocycles. The molecule has 228 valence electrons. The number of carbonyl (C=O) groups is 1. The Morgan fingerprint density at radius 3 is 2.23 bits per heavy atom. The highest BCUT2D eigenvalue weighted by Crippen LogP contribution is 2.29. The Balaban J connectivity index is 1.76. The molecule has 0 saturated heterocycles. The van der Waals surface area contributed by atoms with E-state index in [0.29, 0.717) is 39.4 Å². The molecule has 0 radical (unpaired) electrons. The average molecular weight is 600 g/mol. The normalized spacial score (nSPS) is 12.6. The van der Waals surface area contributed by atoms with E-state index in [2.05, 4.69) is 15.5 Å². The Labute approximate surface area is 247 Å². The van der Waals surface area contributed by atoms with E-state index in [1.807, 2.05) is 13.8 Å². The van der Waals surface area contributed by atoms with Crippen molar-refractivity contribution in [2.75, 3.05) is 14.2 Å². The maximum absolute atomic E-state index is 13.0. The van der Waals surface area contributed by atoms with Crippen molar-refractivity contribution in [3.05, 3.63) is 101 Å². The maximum Gasteiger partial charge on any atom is 0.416 e. The number of esters is 1. The van der Waals surface area contributed by atoms with Gasteiger partial charge in [-0.3, -0.25) is 0 Å². The largest absolute Gasteiger partial charge is 0.489 e. The van der Waals surface area contributed by atoms with Gasteiger partial charge < -0.3 is 24.0 Å². The van der Waals surface area contributed by atoms with Gasteiger partial charge in [0.25, 0.3) is 0 Å². The van der Waals surface area contributed by atoms with Crippen LogP contribution in [0.1, 0.15) is 48.6 Å². The molecule has 3 aromatic carbocycles. The summed E-state index contributed by atoms with van der Waals surface area (Å²) in [7, 11) is 2.57. The summed E-state index contributed by atoms with van der Waals surface area (Å²) in [6, 6.07) is 18.7. The lowest BCUT2D eigenvalue weighted by Crippen LogP contribution is -2.19. The standard InChI is InChI=1S/C31H32F3N3O6/c1-20(2)43-37-28(21(3)35-42-19-24-10-6-7-12-27(24)29(36-40-5)30(38)39-4)23-13-15-26(16-14-23)41-18-22-9-8-11-25(17-22)31(32,33)34/h6-17,20H,18-19H2,1-5H3. The van der Waals surface area contributed by atoms with E-state index >= 15 is 0 Å². The molecule has 0 N–H and O–H groups in total. The maximum atomic E-state index is 13.0. The van der Waals surface area contributed by atoms with Gasteiger partial charge >= 0.3 is 12.1 Å². The van der Waals surface area contributed by atoms with Gasteiger partial charge in [-0.1, -0.05) is 51.9 Å². The predicted molar refractivity (Wildman–Crippen MR) is 155 cm³/mol. The number of nitrogens with zero attached hydrogens (tertiary/aromatic N) is 3. The lowest BCUT2D eigenvalue weighted by molar-refractivity contribution is -0.137. The van der Waals surface area contributed by atoms with Crippen LogP contribution in [0.4, 0.5) is 13.2 Å². The second-order valence-corrected chi connectivity index (χ2v) is 9.33. The predicted octanol–water partition coefficient (Wildman–Crippen LogP) is 6.53. The number of methoxy groups -OCH3 is 1. The minimum absolute atomic E-state index is 0.00607. The molecular formula is C31H32F3N3O6. The van der Waals surface area contributed by atoms with Crippen molar-refractivity contribution < 1.29 is 42.0 Å². The van der Waals surface area contributed by atoms with Crippen LogP contribution in [0.25, 0.3) is 0 Å². The SMILES string of the molecule is CON=C(C(=O)OC)c1ccccc1CON=C(C)C(=NOC(C)C)c1ccc(OCc2cccc(C(F)(F)F)c2)cc1. The number of oxime groups is 3. The number of alkyl halides is 3. The van der Waals surface area contributed by atoms with Gasteiger partial charge in [0.15, 0.2) is 5.71 Å². The Hall–Kier alpha value is -4.87. The lowest BCUT2D eigenvalue weighted by Gasteiger charge is -2.12. The summed E-state index contributed by atoms with van der Waals surface area (Å²) < 4.78 is 49.5. The highest BCUT2D eigenvalue weighted by atomic mass is 19.4. The fourth-order valence-electron chi connectivity index (χ4n) is 3.70. The second-order valence-electron chi connectivity index (χ2n) is 9.33. The fraction of sp³-hybridized carbons (Fsp3) is 0.290. The topological polar surface area (TPSA) is 100 Å². The van der Waals surface area contributed by atoms with Crippen LogP contribution in [0.5, 0.6) is 5.75 Å². The Kier molecular flexibility index (Phi) is 11.7. The van der Waals surface area contributed by atoms with Gasteiger partial charge in [-0.25, -0.2) is 4.79 Å². The molecule has 9 nitrogen and oxygen atoms in total. The third-order valence-electron chi connectivity index (χ3n) is 5.74. The molecule has 0 aliphatic carbocycles. The number of ether oxygens (including phenoxy) is 2. The Morgan fingerprint density at radius 1 is 0.860 bits per heavy atom. The summed E-state index contributed by atoms with van der Waals surface area (Å²) in [6.45, 7) is 5.30. The number of benzene rings is 3. The first kappa shape index (κ1) is 32.6. The quantitative estimate of drug-likeness (QED) is 0.126. The summed E-state index contributed by atoms with van der Waals surface area (Å²) >= 11 is 0. The van der Waals surface area contributed by atoms with Crippen LogP contribution < -0.4 is 4.74 Å². The fourth-order valence-corrected chi connectivity index (χ4v) is 3.70. The molecular weight excluding hydrogens is 567 g/mol. The van der Waals surface area contributed by atoms with Crippen molar-refractivity contribution in [1.82, 2.24) is 0 Å². The van der Waals surface area contributed by atoms with Crippen molar-refractivity contribution in [2.24, 2.45) is 15.5 Å². The highest BCUT2D eigenvalue weighted by molar-refractivity contribution is 6.47. The molecule has 12 heteroatoms. The molecule has 0 aromatic heterocycles. The van der Waals surface area contributed by atoms with Gasteiger partial charge in [0.1, 0.15) is 43.6 Å². The van der Waals surface area contributed by atoms with E-state index in [4.69, 9.17) is 24.0 Å². The average Bonchev–Trinajstić information content (AvgIpc) is 2.99. The summed E-state index contributed by atoms with van der Waals surface area (Å²) in [4.78, 5) is 28.1. The van der Waals surface area contributed by atoms with Gasteiger partial charge in [0.2, 0.25) is 0 Å². The minimum atomic E-state index is -4.43. The van der Waals surface area contributed by atoms with Gasteiger partial charge in [0.05, 0.1) is 12.7 Å². The van der Waals surface area contributed by atoms with Crippen LogP contribution in [-0.2, 0) is 43.4 Å². The monoisotopic (exact) mass is 599 g/mol. The van der Waals surface area contributed by atoms with Gasteiger partial charge in [0, 0.05) is 16.7 Å². The first-order valence-electron chi connectivity index (χ1n) is 13.1. The zero-order valence-corrected chi connectivity index (χ0v) is 24.3. The number of carbonyl (C=O) groups excluding carboxylic acids is 1. The summed E-state index contributed by atoms with van der Waals surface area (Å²) in [5.41, 5.74) is 2.13. The zero-order valence-electron chi connectivity index (χ0n) is 24.3. The first-order valence-corrected chi connectivity index (χ1v) is 13.1. The molecule has 0 amide bonds. The minimum Gasteiger partial charge on any atom is -0.489 e. The lowest BCUT2D eigenvalue weighted by atomic mass is 10.0. The molecule has 0 atom stereocenters. The summed E-state index contributed by atoms with van der Waals surface area (Å²) in [5, 5.41) is 12.2. The molecule has 3 aromatic rings. The smallest absolute Gasteiger partial charge is 0.416 e. The van der Waals surface area contributed by atoms with Crippen LogP contribution in [-0.4, -0.2) is 43.4 Å². The van der Waals surface area contributed by atoms with Crippen LogP contribution in [0.2, 0.25) is 0 Å². The Morgan fingerprint density at radius 2 is 1.58 bits per heavy atom. The number of rotatable bonds is 13. The van der Waals surface area contributed by atoms with E-state index < -0.39 is 17.7 Å². The van der Waals surface area contributed by atoms with Crippen molar-refractivity contribution in [3.63, 3.8) is 0 Å². The second kappa shape index (κ2) is 15.4. The van der Waals surface area contributed by atoms with Crippen molar-refractivity contribution in [2.45, 2.75) is 46.3 Å². The van der Waals surface area contributed by atoms with E-state index in [9.17, 15) is 18.0 Å². The van der Waals surface area contributed by atoms with Crippen LogP contribution in [0.3, 0.4) is 0 Å². The van der Waals surface area contributed by atoms with Crippen molar-refractivity contribution in [3.8, 4) is 5.75 Å². The van der Waals surface area contributed by atoms with E-state index in [1.54, 1.807) is 61.5 Å². The summed E-state index contributed by atoms with van der Waals surface area (Å²) in [5.74, 6) is -0.219. The van der Waals surface area contributed by atoms with Crippen molar-refractivity contribution >= 4 is 23.1 Å². The van der Waals surface area contributed by atoms with Crippen LogP contribution >= 0.6 is 0 Å². The van der Waals surface area contributed by atoms with Crippen LogP contribution in [0.15, 0.2) is 88.3 Å². The first-order chi connectivity index (χ1) is 20.5. The highest BCUT2D eigenvalue weighted by Gasteiger charge is 2.30. The van der Waals surface area contributed by atoms with Crippen molar-refractivity contribution in [1.29, 1.82) is 0 Å². The molecule has 0 aliphatic heterocycles. The molecule has 0 spiro atoms. The van der Waals surface area contributed by atoms with Gasteiger partial charge in [-0.15, -0.1) is 0 Å². The van der Waals surface area contributed by atoms with E-state index in [-0.39, 0.29) is 25.0 Å². The molecule has 0 unspecified atom stereocenters. The number of hydrogen-bond donors (Lipinski definition) is 0.